The minimum Gasteiger partial charge on any atom is -0.333 e. The number of carbonyl (C=O) groups excluding carboxylic acids is 1. The Labute approximate surface area is 53.9 Å². The Balaban J connectivity index is 2.92. The van der Waals surface area contributed by atoms with Gasteiger partial charge in [-0.1, -0.05) is 0 Å². The van der Waals surface area contributed by atoms with Crippen LogP contribution in [0.3, 0.4) is 0 Å². The molecule has 0 spiro atoms. The first kappa shape index (κ1) is 6.29. The van der Waals surface area contributed by atoms with Crippen LogP contribution in [0.4, 0.5) is 0 Å². The molecule has 1 amide bonds. The normalized spacial score (nSPS) is 27.0. The van der Waals surface area contributed by atoms with Crippen molar-refractivity contribution in [3.05, 3.63) is 11.1 Å². The van der Waals surface area contributed by atoms with Crippen LogP contribution in [-0.4, -0.2) is 12.1 Å². The molecule has 0 aromatic rings. The van der Waals surface area contributed by atoms with E-state index in [2.05, 4.69) is 5.32 Å². The molecule has 1 rings (SSSR count). The minimum atomic E-state index is -0.252. The Morgan fingerprint density at radius 3 is 2.22 bits per heavy atom. The summed E-state index contributed by atoms with van der Waals surface area (Å²) in [7, 11) is 0. The highest BCUT2D eigenvalue weighted by atomic mass is 16.2. The zero-order valence-corrected chi connectivity index (χ0v) is 5.56. The molecule has 0 fully saturated rings. The number of carbonyl (C=O) groups is 1. The number of nitrogens with one attached hydrogen (secondary N) is 1. The van der Waals surface area contributed by atoms with Gasteiger partial charge in [-0.05, 0) is 19.4 Å². The largest absolute Gasteiger partial charge is 0.333 e. The van der Waals surface area contributed by atoms with Crippen LogP contribution in [0.25, 0.3) is 0 Å². The third-order valence-electron chi connectivity index (χ3n) is 1.69. The molecule has 9 heavy (non-hydrogen) atoms. The van der Waals surface area contributed by atoms with E-state index in [9.17, 15) is 4.79 Å². The maximum Gasteiger partial charge on any atom is 0.248 e. The summed E-state index contributed by atoms with van der Waals surface area (Å²) in [5, 5.41) is 2.58. The van der Waals surface area contributed by atoms with Crippen molar-refractivity contribution in [3.63, 3.8) is 0 Å². The SMILES string of the molecule is CC1=C(C)C(N)NC1=O. The average Bonchev–Trinajstić information content (AvgIpc) is 1.98. The van der Waals surface area contributed by atoms with Crippen LogP contribution in [0.15, 0.2) is 11.1 Å². The van der Waals surface area contributed by atoms with Crippen molar-refractivity contribution in [2.75, 3.05) is 0 Å². The topological polar surface area (TPSA) is 55.1 Å². The molecule has 0 bridgehead atoms. The van der Waals surface area contributed by atoms with Gasteiger partial charge in [0.2, 0.25) is 5.91 Å². The molecule has 0 aromatic carbocycles. The summed E-state index contributed by atoms with van der Waals surface area (Å²) in [6.07, 6.45) is -0.252. The Bertz CT molecular complexity index is 183. The highest BCUT2D eigenvalue weighted by Gasteiger charge is 2.21. The lowest BCUT2D eigenvalue weighted by Crippen LogP contribution is -2.35. The van der Waals surface area contributed by atoms with Crippen molar-refractivity contribution < 1.29 is 4.79 Å². The predicted octanol–water partition coefficient (Wildman–Crippen LogP) is -0.263. The lowest BCUT2D eigenvalue weighted by Gasteiger charge is -2.01. The first-order chi connectivity index (χ1) is 4.13. The molecule has 3 nitrogen and oxygen atoms in total. The second-order valence-corrected chi connectivity index (χ2v) is 2.26. The second kappa shape index (κ2) is 1.84. The van der Waals surface area contributed by atoms with Crippen LogP contribution in [0.1, 0.15) is 13.8 Å². The van der Waals surface area contributed by atoms with Crippen LogP contribution in [0, 0.1) is 0 Å². The molecule has 1 atom stereocenters. The molecule has 1 heterocycles. The highest BCUT2D eigenvalue weighted by Crippen LogP contribution is 2.11. The fourth-order valence-electron chi connectivity index (χ4n) is 0.770. The van der Waals surface area contributed by atoms with Crippen LogP contribution >= 0.6 is 0 Å². The van der Waals surface area contributed by atoms with Crippen molar-refractivity contribution in [1.82, 2.24) is 5.32 Å². The molecular formula is C6H10N2O. The third-order valence-corrected chi connectivity index (χ3v) is 1.69. The first-order valence-corrected chi connectivity index (χ1v) is 2.86. The van der Waals surface area contributed by atoms with E-state index in [0.717, 1.165) is 11.1 Å². The predicted molar refractivity (Wildman–Crippen MR) is 34.5 cm³/mol. The number of hydrogen-bond donors (Lipinski definition) is 2. The van der Waals surface area contributed by atoms with Crippen molar-refractivity contribution >= 4 is 5.91 Å². The van der Waals surface area contributed by atoms with Gasteiger partial charge in [0.05, 0.1) is 6.17 Å². The van der Waals surface area contributed by atoms with Crippen molar-refractivity contribution in [1.29, 1.82) is 0 Å². The molecule has 3 heteroatoms. The summed E-state index contributed by atoms with van der Waals surface area (Å²) in [4.78, 5) is 10.7. The number of nitrogens with two attached hydrogens (primary N) is 1. The zero-order valence-electron chi connectivity index (χ0n) is 5.56. The van der Waals surface area contributed by atoms with Gasteiger partial charge in [0, 0.05) is 5.57 Å². The van der Waals surface area contributed by atoms with E-state index in [1.807, 2.05) is 6.92 Å². The van der Waals surface area contributed by atoms with Crippen molar-refractivity contribution in [2.24, 2.45) is 5.73 Å². The Hall–Kier alpha value is -0.830. The molecule has 3 N–H and O–H groups in total. The Morgan fingerprint density at radius 1 is 1.56 bits per heavy atom. The zero-order chi connectivity index (χ0) is 7.02. The fraction of sp³-hybridized carbons (Fsp3) is 0.500. The van der Waals surface area contributed by atoms with Gasteiger partial charge in [-0.3, -0.25) is 4.79 Å². The monoisotopic (exact) mass is 126 g/mol. The van der Waals surface area contributed by atoms with Gasteiger partial charge in [0.1, 0.15) is 0 Å². The number of rotatable bonds is 0. The summed E-state index contributed by atoms with van der Waals surface area (Å²) < 4.78 is 0. The molecule has 0 aromatic heterocycles. The van der Waals surface area contributed by atoms with Gasteiger partial charge >= 0.3 is 0 Å². The van der Waals surface area contributed by atoms with Crippen LogP contribution in [-0.2, 0) is 4.79 Å². The van der Waals surface area contributed by atoms with Crippen LogP contribution in [0.5, 0.6) is 0 Å². The van der Waals surface area contributed by atoms with E-state index >= 15 is 0 Å². The molecule has 1 unspecified atom stereocenters. The highest BCUT2D eigenvalue weighted by molar-refractivity contribution is 5.96. The first-order valence-electron chi connectivity index (χ1n) is 2.86. The lowest BCUT2D eigenvalue weighted by molar-refractivity contribution is -0.117. The van der Waals surface area contributed by atoms with E-state index in [0.29, 0.717) is 0 Å². The number of hydrogen-bond acceptors (Lipinski definition) is 2. The summed E-state index contributed by atoms with van der Waals surface area (Å²) in [6, 6.07) is 0. The summed E-state index contributed by atoms with van der Waals surface area (Å²) in [5.74, 6) is -0.0417. The molecule has 50 valence electrons. The maximum atomic E-state index is 10.7. The van der Waals surface area contributed by atoms with Crippen LogP contribution in [0.2, 0.25) is 0 Å². The lowest BCUT2D eigenvalue weighted by atomic mass is 10.2. The van der Waals surface area contributed by atoms with E-state index < -0.39 is 0 Å². The molecule has 0 aliphatic carbocycles. The van der Waals surface area contributed by atoms with Gasteiger partial charge < -0.3 is 11.1 Å². The quantitative estimate of drug-likeness (QED) is 0.469. The van der Waals surface area contributed by atoms with Gasteiger partial charge in [-0.25, -0.2) is 0 Å². The summed E-state index contributed by atoms with van der Waals surface area (Å²) in [5.41, 5.74) is 7.17. The molecule has 0 radical (unpaired) electrons. The summed E-state index contributed by atoms with van der Waals surface area (Å²) in [6.45, 7) is 3.63. The third kappa shape index (κ3) is 0.833. The molecule has 0 saturated carbocycles. The minimum absolute atomic E-state index is 0.0417. The number of amides is 1. The molecular weight excluding hydrogens is 116 g/mol. The Morgan fingerprint density at radius 2 is 2.11 bits per heavy atom. The Kier molecular flexibility index (Phi) is 1.29. The van der Waals surface area contributed by atoms with E-state index in [1.54, 1.807) is 6.92 Å². The van der Waals surface area contributed by atoms with Gasteiger partial charge in [-0.15, -0.1) is 0 Å². The van der Waals surface area contributed by atoms with Gasteiger partial charge in [0.15, 0.2) is 0 Å². The van der Waals surface area contributed by atoms with Crippen LogP contribution < -0.4 is 11.1 Å². The van der Waals surface area contributed by atoms with Crippen molar-refractivity contribution in [2.45, 2.75) is 20.0 Å². The van der Waals surface area contributed by atoms with Crippen molar-refractivity contribution in [3.8, 4) is 0 Å². The van der Waals surface area contributed by atoms with E-state index in [4.69, 9.17) is 5.73 Å². The smallest absolute Gasteiger partial charge is 0.248 e. The molecule has 0 saturated heterocycles. The van der Waals surface area contributed by atoms with E-state index in [1.165, 1.54) is 0 Å². The van der Waals surface area contributed by atoms with E-state index in [-0.39, 0.29) is 12.1 Å². The average molecular weight is 126 g/mol. The fourth-order valence-corrected chi connectivity index (χ4v) is 0.770. The van der Waals surface area contributed by atoms with Gasteiger partial charge in [0.25, 0.3) is 0 Å². The standard InChI is InChI=1S/C6H10N2O/c1-3-4(2)6(9)8-5(3)7/h5H,7H2,1-2H3,(H,8,9). The molecule has 1 aliphatic heterocycles. The second-order valence-electron chi connectivity index (χ2n) is 2.26. The van der Waals surface area contributed by atoms with Gasteiger partial charge in [-0.2, -0.15) is 0 Å². The molecule has 1 aliphatic rings. The summed E-state index contributed by atoms with van der Waals surface area (Å²) >= 11 is 0. The maximum absolute atomic E-state index is 10.7.